The second kappa shape index (κ2) is 5.33. The first-order valence-corrected chi connectivity index (χ1v) is 6.35. The summed E-state index contributed by atoms with van der Waals surface area (Å²) >= 11 is 0. The van der Waals surface area contributed by atoms with Gasteiger partial charge < -0.3 is 9.84 Å². The van der Waals surface area contributed by atoms with E-state index in [2.05, 4.69) is 11.1 Å². The lowest BCUT2D eigenvalue weighted by atomic mass is 10.1. The van der Waals surface area contributed by atoms with E-state index < -0.39 is 5.97 Å². The van der Waals surface area contributed by atoms with Crippen LogP contribution in [-0.2, 0) is 0 Å². The topological polar surface area (TPSA) is 59.4 Å². The van der Waals surface area contributed by atoms with E-state index in [0.717, 1.165) is 22.4 Å². The molecule has 1 heterocycles. The third-order valence-corrected chi connectivity index (χ3v) is 3.27. The lowest BCUT2D eigenvalue weighted by molar-refractivity contribution is 0.0695. The van der Waals surface area contributed by atoms with Crippen LogP contribution < -0.4 is 4.74 Å². The van der Waals surface area contributed by atoms with Gasteiger partial charge >= 0.3 is 5.97 Å². The molecule has 1 aromatic heterocycles. The lowest BCUT2D eigenvalue weighted by Crippen LogP contribution is -2.02. The number of rotatable bonds is 3. The Morgan fingerprint density at radius 2 is 1.85 bits per heavy atom. The highest BCUT2D eigenvalue weighted by Gasteiger charge is 2.11. The zero-order valence-electron chi connectivity index (χ0n) is 12.0. The van der Waals surface area contributed by atoms with E-state index in [9.17, 15) is 4.79 Å². The normalized spacial score (nSPS) is 10.4. The molecule has 104 valence electrons. The number of aryl methyl sites for hydroxylation is 3. The van der Waals surface area contributed by atoms with Crippen LogP contribution in [0.15, 0.2) is 24.3 Å². The Kier molecular flexibility index (Phi) is 3.74. The van der Waals surface area contributed by atoms with Crippen LogP contribution in [0, 0.1) is 27.7 Å². The Hall–Kier alpha value is -2.36. The van der Waals surface area contributed by atoms with Gasteiger partial charge in [-0.3, -0.25) is 0 Å². The van der Waals surface area contributed by atoms with Crippen LogP contribution in [0.25, 0.3) is 0 Å². The highest BCUT2D eigenvalue weighted by molar-refractivity contribution is 5.88. The molecule has 0 aliphatic rings. The molecule has 0 spiro atoms. The summed E-state index contributed by atoms with van der Waals surface area (Å²) in [7, 11) is 0. The molecule has 4 nitrogen and oxygen atoms in total. The van der Waals surface area contributed by atoms with Gasteiger partial charge in [0.05, 0.1) is 11.3 Å². The van der Waals surface area contributed by atoms with E-state index in [-0.39, 0.29) is 5.56 Å². The van der Waals surface area contributed by atoms with Crippen molar-refractivity contribution >= 4 is 5.97 Å². The molecule has 4 heteroatoms. The number of aromatic carboxylic acids is 1. The van der Waals surface area contributed by atoms with Crippen LogP contribution >= 0.6 is 0 Å². The number of pyridine rings is 1. The molecule has 0 radical (unpaired) electrons. The van der Waals surface area contributed by atoms with Gasteiger partial charge in [0.2, 0.25) is 5.88 Å². The monoisotopic (exact) mass is 271 g/mol. The fourth-order valence-corrected chi connectivity index (χ4v) is 2.04. The molecule has 0 fully saturated rings. The third-order valence-electron chi connectivity index (χ3n) is 3.27. The quantitative estimate of drug-likeness (QED) is 0.922. The molecule has 2 aromatic rings. The van der Waals surface area contributed by atoms with Gasteiger partial charge in [-0.15, -0.1) is 0 Å². The molecule has 0 unspecified atom stereocenters. The predicted molar refractivity (Wildman–Crippen MR) is 76.7 cm³/mol. The van der Waals surface area contributed by atoms with Crippen molar-refractivity contribution in [3.63, 3.8) is 0 Å². The molecule has 0 amide bonds. The zero-order valence-corrected chi connectivity index (χ0v) is 12.0. The average molecular weight is 271 g/mol. The summed E-state index contributed by atoms with van der Waals surface area (Å²) in [5.74, 6) is 0.169. The Bertz CT molecular complexity index is 678. The summed E-state index contributed by atoms with van der Waals surface area (Å²) in [6.07, 6.45) is 0. The first kappa shape index (κ1) is 14.1. The first-order chi connectivity index (χ1) is 9.38. The van der Waals surface area contributed by atoms with E-state index in [4.69, 9.17) is 9.84 Å². The standard InChI is InChI=1S/C16H17NO3/c1-9-7-10(2)11(3)14(8-9)20-15-6-5-13(16(18)19)12(4)17-15/h5-8H,1-4H3,(H,18,19). The largest absolute Gasteiger partial charge is 0.478 e. The predicted octanol–water partition coefficient (Wildman–Crippen LogP) is 3.81. The van der Waals surface area contributed by atoms with Crippen LogP contribution in [0.2, 0.25) is 0 Å². The summed E-state index contributed by atoms with van der Waals surface area (Å²) < 4.78 is 5.78. The smallest absolute Gasteiger partial charge is 0.337 e. The molecule has 1 aromatic carbocycles. The zero-order chi connectivity index (χ0) is 14.9. The highest BCUT2D eigenvalue weighted by Crippen LogP contribution is 2.28. The summed E-state index contributed by atoms with van der Waals surface area (Å²) in [5, 5.41) is 8.98. The van der Waals surface area contributed by atoms with Crippen molar-refractivity contribution in [2.45, 2.75) is 27.7 Å². The van der Waals surface area contributed by atoms with Gasteiger partial charge in [-0.05, 0) is 56.5 Å². The Balaban J connectivity index is 2.36. The van der Waals surface area contributed by atoms with Crippen LogP contribution in [0.4, 0.5) is 0 Å². The van der Waals surface area contributed by atoms with Crippen LogP contribution in [0.1, 0.15) is 32.7 Å². The third kappa shape index (κ3) is 2.79. The molecular weight excluding hydrogens is 254 g/mol. The molecule has 0 saturated carbocycles. The average Bonchev–Trinajstić information content (AvgIpc) is 2.35. The Morgan fingerprint density at radius 3 is 2.45 bits per heavy atom. The fraction of sp³-hybridized carbons (Fsp3) is 0.250. The second-order valence-electron chi connectivity index (χ2n) is 4.89. The van der Waals surface area contributed by atoms with Gasteiger partial charge in [-0.1, -0.05) is 6.07 Å². The molecule has 0 atom stereocenters. The first-order valence-electron chi connectivity index (χ1n) is 6.35. The molecule has 1 N–H and O–H groups in total. The Labute approximate surface area is 118 Å². The van der Waals surface area contributed by atoms with Gasteiger partial charge in [-0.25, -0.2) is 9.78 Å². The van der Waals surface area contributed by atoms with E-state index in [1.807, 2.05) is 26.8 Å². The van der Waals surface area contributed by atoms with E-state index in [1.54, 1.807) is 13.0 Å². The minimum absolute atomic E-state index is 0.189. The minimum atomic E-state index is -0.982. The van der Waals surface area contributed by atoms with E-state index >= 15 is 0 Å². The van der Waals surface area contributed by atoms with Crippen LogP contribution in [-0.4, -0.2) is 16.1 Å². The maximum Gasteiger partial charge on any atom is 0.337 e. The van der Waals surface area contributed by atoms with Gasteiger partial charge in [0, 0.05) is 6.07 Å². The summed E-state index contributed by atoms with van der Waals surface area (Å²) in [6, 6.07) is 7.13. The molecule has 0 aliphatic carbocycles. The molecule has 0 bridgehead atoms. The number of hydrogen-bond acceptors (Lipinski definition) is 3. The van der Waals surface area contributed by atoms with Gasteiger partial charge in [0.1, 0.15) is 5.75 Å². The van der Waals surface area contributed by atoms with Gasteiger partial charge in [0.25, 0.3) is 0 Å². The fourth-order valence-electron chi connectivity index (χ4n) is 2.04. The van der Waals surface area contributed by atoms with Gasteiger partial charge in [0.15, 0.2) is 0 Å². The van der Waals surface area contributed by atoms with Crippen molar-refractivity contribution in [3.8, 4) is 11.6 Å². The maximum atomic E-state index is 11.0. The molecule has 20 heavy (non-hydrogen) atoms. The number of nitrogens with zero attached hydrogens (tertiary/aromatic N) is 1. The molecular formula is C16H17NO3. The van der Waals surface area contributed by atoms with E-state index in [1.165, 1.54) is 6.07 Å². The second-order valence-corrected chi connectivity index (χ2v) is 4.89. The Morgan fingerprint density at radius 1 is 1.15 bits per heavy atom. The van der Waals surface area contributed by atoms with E-state index in [0.29, 0.717) is 11.6 Å². The summed E-state index contributed by atoms with van der Waals surface area (Å²) in [5.41, 5.74) is 3.95. The van der Waals surface area contributed by atoms with Crippen molar-refractivity contribution in [3.05, 3.63) is 52.2 Å². The number of carboxylic acid groups (broad SMARTS) is 1. The summed E-state index contributed by atoms with van der Waals surface area (Å²) in [6.45, 7) is 7.68. The number of carbonyl (C=O) groups is 1. The van der Waals surface area contributed by atoms with Crippen molar-refractivity contribution in [2.75, 3.05) is 0 Å². The maximum absolute atomic E-state index is 11.0. The molecule has 0 saturated heterocycles. The number of benzene rings is 1. The molecule has 0 aliphatic heterocycles. The summed E-state index contributed by atoms with van der Waals surface area (Å²) in [4.78, 5) is 15.1. The minimum Gasteiger partial charge on any atom is -0.478 e. The van der Waals surface area contributed by atoms with Gasteiger partial charge in [-0.2, -0.15) is 0 Å². The van der Waals surface area contributed by atoms with Crippen molar-refractivity contribution < 1.29 is 14.6 Å². The number of ether oxygens (including phenoxy) is 1. The van der Waals surface area contributed by atoms with Crippen LogP contribution in [0.5, 0.6) is 11.6 Å². The SMILES string of the molecule is Cc1cc(C)c(C)c(Oc2ccc(C(=O)O)c(C)n2)c1. The number of hydrogen-bond donors (Lipinski definition) is 1. The number of aromatic nitrogens is 1. The van der Waals surface area contributed by atoms with Crippen molar-refractivity contribution in [2.24, 2.45) is 0 Å². The van der Waals surface area contributed by atoms with Crippen molar-refractivity contribution in [1.82, 2.24) is 4.98 Å². The highest BCUT2D eigenvalue weighted by atomic mass is 16.5. The number of carboxylic acids is 1. The lowest BCUT2D eigenvalue weighted by Gasteiger charge is -2.12. The molecule has 2 rings (SSSR count). The van der Waals surface area contributed by atoms with Crippen LogP contribution in [0.3, 0.4) is 0 Å². The van der Waals surface area contributed by atoms with Crippen molar-refractivity contribution in [1.29, 1.82) is 0 Å².